The molecular formula is C13H16N2O2. The maximum Gasteiger partial charge on any atom is 0.137 e. The molecule has 2 heterocycles. The number of pyridine rings is 1. The quantitative estimate of drug-likeness (QED) is 0.849. The summed E-state index contributed by atoms with van der Waals surface area (Å²) in [4.78, 5) is 7.28. The number of nitrogens with one attached hydrogen (secondary N) is 1. The SMILES string of the molecule is O[C@H](COC1CCC1)c1cnc2[nH]ccc2c1. The lowest BCUT2D eigenvalue weighted by molar-refractivity contribution is -0.0427. The van der Waals surface area contributed by atoms with Crippen LogP contribution < -0.4 is 0 Å². The van der Waals surface area contributed by atoms with Crippen LogP contribution in [0.4, 0.5) is 0 Å². The maximum absolute atomic E-state index is 10.0. The van der Waals surface area contributed by atoms with Crippen LogP contribution in [0.5, 0.6) is 0 Å². The molecule has 4 heteroatoms. The van der Waals surface area contributed by atoms with Crippen LogP contribution in [-0.4, -0.2) is 27.8 Å². The average molecular weight is 232 g/mol. The van der Waals surface area contributed by atoms with Gasteiger partial charge in [-0.05, 0) is 31.4 Å². The molecule has 0 spiro atoms. The highest BCUT2D eigenvalue weighted by Gasteiger charge is 2.19. The van der Waals surface area contributed by atoms with Crippen LogP contribution in [-0.2, 0) is 4.74 Å². The molecule has 0 amide bonds. The summed E-state index contributed by atoms with van der Waals surface area (Å²) in [6.45, 7) is 0.363. The summed E-state index contributed by atoms with van der Waals surface area (Å²) < 4.78 is 5.60. The maximum atomic E-state index is 10.0. The summed E-state index contributed by atoms with van der Waals surface area (Å²) in [6.07, 6.45) is 6.82. The van der Waals surface area contributed by atoms with Gasteiger partial charge in [0.25, 0.3) is 0 Å². The molecule has 1 aliphatic rings. The lowest BCUT2D eigenvalue weighted by Gasteiger charge is -2.26. The molecule has 2 aromatic rings. The Hall–Kier alpha value is -1.39. The molecule has 4 nitrogen and oxygen atoms in total. The third-order valence-electron chi connectivity index (χ3n) is 3.35. The molecule has 2 aromatic heterocycles. The summed E-state index contributed by atoms with van der Waals surface area (Å²) in [5, 5.41) is 11.0. The van der Waals surface area contributed by atoms with Crippen LogP contribution in [0, 0.1) is 0 Å². The molecule has 0 aromatic carbocycles. The number of aliphatic hydroxyl groups excluding tert-OH is 1. The average Bonchev–Trinajstić information content (AvgIpc) is 2.73. The van der Waals surface area contributed by atoms with Crippen molar-refractivity contribution in [3.63, 3.8) is 0 Å². The first-order chi connectivity index (χ1) is 8.33. The fourth-order valence-electron chi connectivity index (χ4n) is 2.00. The zero-order chi connectivity index (χ0) is 11.7. The van der Waals surface area contributed by atoms with Crippen molar-refractivity contribution in [3.8, 4) is 0 Å². The Balaban J connectivity index is 1.68. The van der Waals surface area contributed by atoms with Gasteiger partial charge < -0.3 is 14.8 Å². The van der Waals surface area contributed by atoms with Gasteiger partial charge in [0.15, 0.2) is 0 Å². The zero-order valence-corrected chi connectivity index (χ0v) is 9.60. The summed E-state index contributed by atoms with van der Waals surface area (Å²) in [6, 6.07) is 3.90. The van der Waals surface area contributed by atoms with Gasteiger partial charge >= 0.3 is 0 Å². The summed E-state index contributed by atoms with van der Waals surface area (Å²) in [5.41, 5.74) is 1.66. The van der Waals surface area contributed by atoms with Gasteiger partial charge in [-0.3, -0.25) is 0 Å². The number of aromatic nitrogens is 2. The normalized spacial score (nSPS) is 18.2. The molecule has 17 heavy (non-hydrogen) atoms. The zero-order valence-electron chi connectivity index (χ0n) is 9.60. The van der Waals surface area contributed by atoms with E-state index in [1.807, 2.05) is 18.3 Å². The van der Waals surface area contributed by atoms with Crippen LogP contribution in [0.2, 0.25) is 0 Å². The molecule has 0 saturated heterocycles. The molecule has 0 aliphatic heterocycles. The molecule has 1 aliphatic carbocycles. The Bertz CT molecular complexity index is 505. The van der Waals surface area contributed by atoms with Crippen molar-refractivity contribution in [2.24, 2.45) is 0 Å². The Morgan fingerprint density at radius 1 is 1.53 bits per heavy atom. The van der Waals surface area contributed by atoms with E-state index in [0.717, 1.165) is 29.4 Å². The van der Waals surface area contributed by atoms with E-state index in [1.165, 1.54) is 6.42 Å². The van der Waals surface area contributed by atoms with Crippen molar-refractivity contribution in [2.45, 2.75) is 31.5 Å². The summed E-state index contributed by atoms with van der Waals surface area (Å²) >= 11 is 0. The highest BCUT2D eigenvalue weighted by molar-refractivity contribution is 5.75. The van der Waals surface area contributed by atoms with Gasteiger partial charge in [0, 0.05) is 23.3 Å². The van der Waals surface area contributed by atoms with E-state index in [-0.39, 0.29) is 0 Å². The van der Waals surface area contributed by atoms with Crippen molar-refractivity contribution in [2.75, 3.05) is 6.61 Å². The van der Waals surface area contributed by atoms with Crippen LogP contribution >= 0.6 is 0 Å². The molecule has 0 bridgehead atoms. The minimum atomic E-state index is -0.581. The van der Waals surface area contributed by atoms with Crippen LogP contribution in [0.15, 0.2) is 24.5 Å². The fourth-order valence-corrected chi connectivity index (χ4v) is 2.00. The number of hydrogen-bond acceptors (Lipinski definition) is 3. The van der Waals surface area contributed by atoms with Crippen molar-refractivity contribution in [1.82, 2.24) is 9.97 Å². The second kappa shape index (κ2) is 4.47. The van der Waals surface area contributed by atoms with Gasteiger partial charge in [0.05, 0.1) is 12.7 Å². The van der Waals surface area contributed by atoms with Gasteiger partial charge in [-0.1, -0.05) is 0 Å². The minimum absolute atomic E-state index is 0.355. The molecule has 2 N–H and O–H groups in total. The highest BCUT2D eigenvalue weighted by atomic mass is 16.5. The number of aromatic amines is 1. The van der Waals surface area contributed by atoms with E-state index in [9.17, 15) is 5.11 Å². The fraction of sp³-hybridized carbons (Fsp3) is 0.462. The predicted octanol–water partition coefficient (Wildman–Crippen LogP) is 2.17. The molecule has 90 valence electrons. The van der Waals surface area contributed by atoms with Crippen molar-refractivity contribution < 1.29 is 9.84 Å². The number of aliphatic hydroxyl groups is 1. The van der Waals surface area contributed by atoms with E-state index in [0.29, 0.717) is 12.7 Å². The molecular weight excluding hydrogens is 216 g/mol. The van der Waals surface area contributed by atoms with Crippen LogP contribution in [0.25, 0.3) is 11.0 Å². The number of fused-ring (bicyclic) bond motifs is 1. The monoisotopic (exact) mass is 232 g/mol. The standard InChI is InChI=1S/C13H16N2O2/c16-12(8-17-11-2-1-3-11)10-6-9-4-5-14-13(9)15-7-10/h4-7,11-12,16H,1-3,8H2,(H,14,15)/t12-/m1/s1. The Labute approximate surface area is 99.6 Å². The first-order valence-corrected chi connectivity index (χ1v) is 6.05. The Morgan fingerprint density at radius 2 is 2.41 bits per heavy atom. The van der Waals surface area contributed by atoms with E-state index in [1.54, 1.807) is 6.20 Å². The molecule has 1 saturated carbocycles. The number of ether oxygens (including phenoxy) is 1. The number of rotatable bonds is 4. The smallest absolute Gasteiger partial charge is 0.137 e. The van der Waals surface area contributed by atoms with E-state index in [2.05, 4.69) is 9.97 Å². The molecule has 3 rings (SSSR count). The third kappa shape index (κ3) is 2.18. The minimum Gasteiger partial charge on any atom is -0.386 e. The van der Waals surface area contributed by atoms with Gasteiger partial charge in [-0.2, -0.15) is 0 Å². The van der Waals surface area contributed by atoms with Crippen molar-refractivity contribution >= 4 is 11.0 Å². The Morgan fingerprint density at radius 3 is 3.18 bits per heavy atom. The van der Waals surface area contributed by atoms with Crippen molar-refractivity contribution in [1.29, 1.82) is 0 Å². The van der Waals surface area contributed by atoms with Crippen LogP contribution in [0.1, 0.15) is 30.9 Å². The first kappa shape index (κ1) is 10.7. The van der Waals surface area contributed by atoms with E-state index in [4.69, 9.17) is 4.74 Å². The van der Waals surface area contributed by atoms with Gasteiger partial charge in [0.1, 0.15) is 11.8 Å². The molecule has 1 atom stereocenters. The summed E-state index contributed by atoms with van der Waals surface area (Å²) in [5.74, 6) is 0. The number of nitrogens with zero attached hydrogens (tertiary/aromatic N) is 1. The lowest BCUT2D eigenvalue weighted by atomic mass is 9.96. The topological polar surface area (TPSA) is 58.1 Å². The van der Waals surface area contributed by atoms with E-state index >= 15 is 0 Å². The Kier molecular flexibility index (Phi) is 2.82. The van der Waals surface area contributed by atoms with Crippen LogP contribution in [0.3, 0.4) is 0 Å². The predicted molar refractivity (Wildman–Crippen MR) is 64.6 cm³/mol. The molecule has 0 radical (unpaired) electrons. The molecule has 0 unspecified atom stereocenters. The largest absolute Gasteiger partial charge is 0.386 e. The molecule has 1 fully saturated rings. The third-order valence-corrected chi connectivity index (χ3v) is 3.35. The second-order valence-corrected chi connectivity index (χ2v) is 4.59. The first-order valence-electron chi connectivity index (χ1n) is 6.05. The lowest BCUT2D eigenvalue weighted by Crippen LogP contribution is -2.24. The van der Waals surface area contributed by atoms with Crippen molar-refractivity contribution in [3.05, 3.63) is 30.1 Å². The van der Waals surface area contributed by atoms with Gasteiger partial charge in [-0.25, -0.2) is 4.98 Å². The van der Waals surface area contributed by atoms with Gasteiger partial charge in [0.2, 0.25) is 0 Å². The van der Waals surface area contributed by atoms with E-state index < -0.39 is 6.10 Å². The second-order valence-electron chi connectivity index (χ2n) is 4.59. The number of hydrogen-bond donors (Lipinski definition) is 2. The highest BCUT2D eigenvalue weighted by Crippen LogP contribution is 2.24. The van der Waals surface area contributed by atoms with Gasteiger partial charge in [-0.15, -0.1) is 0 Å². The summed E-state index contributed by atoms with van der Waals surface area (Å²) in [7, 11) is 0. The number of H-pyrrole nitrogens is 1.